The maximum Gasteiger partial charge on any atom is 0.124 e. The summed E-state index contributed by atoms with van der Waals surface area (Å²) in [7, 11) is 3.39. The summed E-state index contributed by atoms with van der Waals surface area (Å²) in [5.74, 6) is 1.37. The Morgan fingerprint density at radius 2 is 1.94 bits per heavy atom. The molecule has 2 N–H and O–H groups in total. The third kappa shape index (κ3) is 3.45. The molecule has 0 fully saturated rings. The molecule has 17 heavy (non-hydrogen) atoms. The molecule has 0 heterocycles. The molecular formula is C14H23NO2. The van der Waals surface area contributed by atoms with E-state index in [1.54, 1.807) is 14.2 Å². The molecule has 1 aromatic rings. The molecule has 1 unspecified atom stereocenters. The Bertz CT molecular complexity index is 350. The van der Waals surface area contributed by atoms with Crippen LogP contribution in [0.4, 0.5) is 0 Å². The summed E-state index contributed by atoms with van der Waals surface area (Å²) in [5, 5.41) is 0. The van der Waals surface area contributed by atoms with Gasteiger partial charge in [0.15, 0.2) is 0 Å². The highest BCUT2D eigenvalue weighted by atomic mass is 16.5. The largest absolute Gasteiger partial charge is 0.496 e. The van der Waals surface area contributed by atoms with Crippen molar-refractivity contribution >= 4 is 0 Å². The second-order valence-corrected chi connectivity index (χ2v) is 4.46. The fourth-order valence-electron chi connectivity index (χ4n) is 1.92. The monoisotopic (exact) mass is 237 g/mol. The average Bonchev–Trinajstić information content (AvgIpc) is 2.35. The summed E-state index contributed by atoms with van der Waals surface area (Å²) in [6.45, 7) is 4.96. The normalized spacial score (nSPS) is 12.8. The lowest BCUT2D eigenvalue weighted by atomic mass is 9.96. The van der Waals surface area contributed by atoms with Crippen molar-refractivity contribution in [2.75, 3.05) is 20.8 Å². The van der Waals surface area contributed by atoms with Gasteiger partial charge >= 0.3 is 0 Å². The summed E-state index contributed by atoms with van der Waals surface area (Å²) >= 11 is 0. The zero-order valence-corrected chi connectivity index (χ0v) is 11.2. The van der Waals surface area contributed by atoms with E-state index in [4.69, 9.17) is 15.2 Å². The number of nitrogens with two attached hydrogens (primary N) is 1. The Hall–Kier alpha value is -1.06. The summed E-state index contributed by atoms with van der Waals surface area (Å²) in [6.07, 6.45) is 0.808. The number of benzene rings is 1. The van der Waals surface area contributed by atoms with Crippen LogP contribution in [-0.2, 0) is 4.74 Å². The first-order valence-corrected chi connectivity index (χ1v) is 6.04. The van der Waals surface area contributed by atoms with Crippen LogP contribution in [0.2, 0.25) is 0 Å². The highest BCUT2D eigenvalue weighted by Crippen LogP contribution is 2.32. The summed E-state index contributed by atoms with van der Waals surface area (Å²) in [4.78, 5) is 0. The van der Waals surface area contributed by atoms with Crippen LogP contribution >= 0.6 is 0 Å². The van der Waals surface area contributed by atoms with Gasteiger partial charge in [-0.2, -0.15) is 0 Å². The standard InChI is InChI=1S/C14H23NO2/c1-10(2)11-5-6-13(16-3)12(9-11)14(17-4)7-8-15/h5-6,9-10,14H,7-8,15H2,1-4H3. The Morgan fingerprint density at radius 3 is 2.41 bits per heavy atom. The van der Waals surface area contributed by atoms with Gasteiger partial charge < -0.3 is 15.2 Å². The Labute approximate surface area is 104 Å². The van der Waals surface area contributed by atoms with Gasteiger partial charge in [0.2, 0.25) is 0 Å². The van der Waals surface area contributed by atoms with Crippen LogP contribution in [0.25, 0.3) is 0 Å². The topological polar surface area (TPSA) is 44.5 Å². The van der Waals surface area contributed by atoms with Gasteiger partial charge in [0, 0.05) is 12.7 Å². The molecule has 3 nitrogen and oxygen atoms in total. The second-order valence-electron chi connectivity index (χ2n) is 4.46. The van der Waals surface area contributed by atoms with E-state index in [0.29, 0.717) is 12.5 Å². The van der Waals surface area contributed by atoms with Crippen molar-refractivity contribution in [3.63, 3.8) is 0 Å². The minimum absolute atomic E-state index is 0.00801. The van der Waals surface area contributed by atoms with E-state index in [0.717, 1.165) is 17.7 Å². The van der Waals surface area contributed by atoms with Gasteiger partial charge in [-0.25, -0.2) is 0 Å². The molecular weight excluding hydrogens is 214 g/mol. The van der Waals surface area contributed by atoms with E-state index >= 15 is 0 Å². The van der Waals surface area contributed by atoms with Crippen molar-refractivity contribution in [3.05, 3.63) is 29.3 Å². The van der Waals surface area contributed by atoms with Crippen LogP contribution in [0.15, 0.2) is 18.2 Å². The molecule has 0 bridgehead atoms. The van der Waals surface area contributed by atoms with Gasteiger partial charge in [-0.3, -0.25) is 0 Å². The number of hydrogen-bond acceptors (Lipinski definition) is 3. The van der Waals surface area contributed by atoms with E-state index in [1.807, 2.05) is 6.07 Å². The van der Waals surface area contributed by atoms with Crippen molar-refractivity contribution in [3.8, 4) is 5.75 Å². The third-order valence-electron chi connectivity index (χ3n) is 2.98. The van der Waals surface area contributed by atoms with E-state index in [9.17, 15) is 0 Å². The first-order chi connectivity index (χ1) is 8.13. The van der Waals surface area contributed by atoms with Crippen molar-refractivity contribution in [1.29, 1.82) is 0 Å². The SMILES string of the molecule is COc1ccc(C(C)C)cc1C(CCN)OC. The molecule has 0 aromatic heterocycles. The molecule has 0 spiro atoms. The number of methoxy groups -OCH3 is 2. The maximum atomic E-state index is 5.61. The third-order valence-corrected chi connectivity index (χ3v) is 2.98. The molecule has 0 aliphatic carbocycles. The van der Waals surface area contributed by atoms with Crippen molar-refractivity contribution in [1.82, 2.24) is 0 Å². The predicted octanol–water partition coefficient (Wildman–Crippen LogP) is 2.85. The van der Waals surface area contributed by atoms with Crippen LogP contribution in [0, 0.1) is 0 Å². The van der Waals surface area contributed by atoms with Crippen molar-refractivity contribution in [2.24, 2.45) is 5.73 Å². The lowest BCUT2D eigenvalue weighted by Crippen LogP contribution is -2.10. The lowest BCUT2D eigenvalue weighted by Gasteiger charge is -2.19. The van der Waals surface area contributed by atoms with Crippen LogP contribution in [0.5, 0.6) is 5.75 Å². The molecule has 0 saturated carbocycles. The van der Waals surface area contributed by atoms with Crippen LogP contribution in [0.1, 0.15) is 43.4 Å². The minimum atomic E-state index is 0.00801. The molecule has 0 amide bonds. The van der Waals surface area contributed by atoms with Gasteiger partial charge in [-0.1, -0.05) is 19.9 Å². The summed E-state index contributed by atoms with van der Waals surface area (Å²) in [5.41, 5.74) is 7.99. The highest BCUT2D eigenvalue weighted by molar-refractivity contribution is 5.40. The molecule has 1 aromatic carbocycles. The van der Waals surface area contributed by atoms with Gasteiger partial charge in [0.25, 0.3) is 0 Å². The van der Waals surface area contributed by atoms with E-state index < -0.39 is 0 Å². The fourth-order valence-corrected chi connectivity index (χ4v) is 1.92. The molecule has 3 heteroatoms. The fraction of sp³-hybridized carbons (Fsp3) is 0.571. The molecule has 96 valence electrons. The Morgan fingerprint density at radius 1 is 1.24 bits per heavy atom. The minimum Gasteiger partial charge on any atom is -0.496 e. The highest BCUT2D eigenvalue weighted by Gasteiger charge is 2.16. The van der Waals surface area contributed by atoms with Crippen LogP contribution in [-0.4, -0.2) is 20.8 Å². The lowest BCUT2D eigenvalue weighted by molar-refractivity contribution is 0.0953. The molecule has 1 atom stereocenters. The van der Waals surface area contributed by atoms with Crippen molar-refractivity contribution in [2.45, 2.75) is 32.3 Å². The zero-order valence-electron chi connectivity index (χ0n) is 11.2. The van der Waals surface area contributed by atoms with Gasteiger partial charge in [-0.05, 0) is 36.6 Å². The molecule has 1 rings (SSSR count). The molecule has 0 saturated heterocycles. The van der Waals surface area contributed by atoms with Crippen LogP contribution in [0.3, 0.4) is 0 Å². The quantitative estimate of drug-likeness (QED) is 0.827. The van der Waals surface area contributed by atoms with Gasteiger partial charge in [-0.15, -0.1) is 0 Å². The molecule has 0 radical (unpaired) electrons. The summed E-state index contributed by atoms with van der Waals surface area (Å²) < 4.78 is 10.9. The zero-order chi connectivity index (χ0) is 12.8. The number of rotatable bonds is 6. The Balaban J connectivity index is 3.11. The number of hydrogen-bond donors (Lipinski definition) is 1. The molecule has 0 aliphatic rings. The van der Waals surface area contributed by atoms with E-state index in [2.05, 4.69) is 26.0 Å². The second kappa shape index (κ2) is 6.62. The first kappa shape index (κ1) is 14.0. The van der Waals surface area contributed by atoms with Gasteiger partial charge in [0.1, 0.15) is 5.75 Å². The number of ether oxygens (including phenoxy) is 2. The summed E-state index contributed by atoms with van der Waals surface area (Å²) in [6, 6.07) is 6.27. The Kier molecular flexibility index (Phi) is 5.45. The van der Waals surface area contributed by atoms with Gasteiger partial charge in [0.05, 0.1) is 13.2 Å². The first-order valence-electron chi connectivity index (χ1n) is 6.04. The van der Waals surface area contributed by atoms with E-state index in [1.165, 1.54) is 5.56 Å². The average molecular weight is 237 g/mol. The van der Waals surface area contributed by atoms with Crippen LogP contribution < -0.4 is 10.5 Å². The molecule has 0 aliphatic heterocycles. The smallest absolute Gasteiger partial charge is 0.124 e. The maximum absolute atomic E-state index is 5.61. The predicted molar refractivity (Wildman–Crippen MR) is 70.5 cm³/mol. The van der Waals surface area contributed by atoms with E-state index in [-0.39, 0.29) is 6.10 Å². The van der Waals surface area contributed by atoms with Crippen molar-refractivity contribution < 1.29 is 9.47 Å².